The minimum Gasteiger partial charge on any atom is -0.463 e. The molecule has 0 bridgehead atoms. The number of hydrogen-bond acceptors (Lipinski definition) is 2. The molecule has 26 heavy (non-hydrogen) atoms. The van der Waals surface area contributed by atoms with Gasteiger partial charge in [0.05, 0.1) is 11.8 Å². The van der Waals surface area contributed by atoms with Crippen molar-refractivity contribution in [2.24, 2.45) is 0 Å². The predicted octanol–water partition coefficient (Wildman–Crippen LogP) is 5.15. The highest BCUT2D eigenvalue weighted by molar-refractivity contribution is 6.05. The van der Waals surface area contributed by atoms with Crippen LogP contribution in [-0.4, -0.2) is 10.5 Å². The van der Waals surface area contributed by atoms with Crippen molar-refractivity contribution in [1.82, 2.24) is 4.57 Å². The van der Waals surface area contributed by atoms with Gasteiger partial charge in [-0.25, -0.2) is 0 Å². The molecule has 0 saturated heterocycles. The number of nitrogens with one attached hydrogen (secondary N) is 1. The van der Waals surface area contributed by atoms with E-state index in [4.69, 9.17) is 4.42 Å². The Hall–Kier alpha value is -3.27. The van der Waals surface area contributed by atoms with Crippen LogP contribution in [0.3, 0.4) is 0 Å². The second-order valence-electron chi connectivity index (χ2n) is 6.52. The molecule has 2 aromatic carbocycles. The highest BCUT2D eigenvalue weighted by Crippen LogP contribution is 2.24. The number of anilines is 1. The SMILES string of the molecule is Cc1ccc(NC(=O)c2cc3occc3n2Cc2ccccc2)cc1C. The fourth-order valence-electron chi connectivity index (χ4n) is 3.12. The van der Waals surface area contributed by atoms with Crippen molar-refractivity contribution < 1.29 is 9.21 Å². The van der Waals surface area contributed by atoms with E-state index >= 15 is 0 Å². The number of hydrogen-bond donors (Lipinski definition) is 1. The normalized spacial score (nSPS) is 11.0. The Bertz CT molecular complexity index is 1070. The number of benzene rings is 2. The molecule has 0 fully saturated rings. The lowest BCUT2D eigenvalue weighted by Crippen LogP contribution is -2.17. The van der Waals surface area contributed by atoms with Gasteiger partial charge in [0.15, 0.2) is 5.58 Å². The molecule has 0 unspecified atom stereocenters. The number of carbonyl (C=O) groups excluding carboxylic acids is 1. The highest BCUT2D eigenvalue weighted by atomic mass is 16.3. The first-order valence-corrected chi connectivity index (χ1v) is 8.61. The molecular weight excluding hydrogens is 324 g/mol. The fourth-order valence-corrected chi connectivity index (χ4v) is 3.12. The molecule has 1 N–H and O–H groups in total. The maximum atomic E-state index is 12.9. The number of amides is 1. The third-order valence-electron chi connectivity index (χ3n) is 4.70. The first kappa shape index (κ1) is 16.2. The first-order chi connectivity index (χ1) is 12.6. The molecule has 0 aliphatic carbocycles. The van der Waals surface area contributed by atoms with Crippen LogP contribution in [0.1, 0.15) is 27.2 Å². The first-order valence-electron chi connectivity index (χ1n) is 8.61. The van der Waals surface area contributed by atoms with Crippen molar-refractivity contribution in [2.75, 3.05) is 5.32 Å². The minimum atomic E-state index is -0.143. The number of fused-ring (bicyclic) bond motifs is 1. The largest absolute Gasteiger partial charge is 0.463 e. The van der Waals surface area contributed by atoms with Crippen LogP contribution < -0.4 is 5.32 Å². The molecule has 0 aliphatic rings. The van der Waals surface area contributed by atoms with Gasteiger partial charge in [0.25, 0.3) is 5.91 Å². The van der Waals surface area contributed by atoms with E-state index in [1.54, 1.807) is 12.3 Å². The van der Waals surface area contributed by atoms with E-state index in [-0.39, 0.29) is 5.91 Å². The van der Waals surface area contributed by atoms with Crippen molar-refractivity contribution in [1.29, 1.82) is 0 Å². The lowest BCUT2D eigenvalue weighted by Gasteiger charge is -2.11. The topological polar surface area (TPSA) is 47.2 Å². The van der Waals surface area contributed by atoms with Crippen molar-refractivity contribution in [3.8, 4) is 0 Å². The number of nitrogens with zero attached hydrogens (tertiary/aromatic N) is 1. The standard InChI is InChI=1S/C22H20N2O2/c1-15-8-9-18(12-16(15)2)23-22(25)20-13-21-19(10-11-26-21)24(20)14-17-6-4-3-5-7-17/h3-13H,14H2,1-2H3,(H,23,25). The molecule has 4 heteroatoms. The quantitative estimate of drug-likeness (QED) is 0.556. The summed E-state index contributed by atoms with van der Waals surface area (Å²) in [6, 6.07) is 19.7. The van der Waals surface area contributed by atoms with Crippen LogP contribution in [0.25, 0.3) is 11.1 Å². The summed E-state index contributed by atoms with van der Waals surface area (Å²) in [7, 11) is 0. The summed E-state index contributed by atoms with van der Waals surface area (Å²) in [5.41, 5.74) is 6.49. The van der Waals surface area contributed by atoms with E-state index in [0.717, 1.165) is 22.3 Å². The monoisotopic (exact) mass is 344 g/mol. The van der Waals surface area contributed by atoms with Gasteiger partial charge in [-0.2, -0.15) is 0 Å². The molecular formula is C22H20N2O2. The second-order valence-corrected chi connectivity index (χ2v) is 6.52. The van der Waals surface area contributed by atoms with Gasteiger partial charge in [0.2, 0.25) is 0 Å². The molecule has 0 atom stereocenters. The molecule has 0 radical (unpaired) electrons. The number of furan rings is 1. The van der Waals surface area contributed by atoms with Crippen LogP contribution in [0, 0.1) is 13.8 Å². The van der Waals surface area contributed by atoms with Crippen molar-refractivity contribution in [3.05, 3.63) is 89.3 Å². The van der Waals surface area contributed by atoms with E-state index in [0.29, 0.717) is 17.8 Å². The fraction of sp³-hybridized carbons (Fsp3) is 0.136. The summed E-state index contributed by atoms with van der Waals surface area (Å²) in [5, 5.41) is 3.00. The van der Waals surface area contributed by atoms with Crippen LogP contribution in [-0.2, 0) is 6.54 Å². The van der Waals surface area contributed by atoms with Crippen LogP contribution in [0.2, 0.25) is 0 Å². The third-order valence-corrected chi connectivity index (χ3v) is 4.70. The molecule has 0 spiro atoms. The van der Waals surface area contributed by atoms with Gasteiger partial charge in [-0.1, -0.05) is 36.4 Å². The maximum Gasteiger partial charge on any atom is 0.272 e. The number of aromatic nitrogens is 1. The van der Waals surface area contributed by atoms with Crippen LogP contribution in [0.5, 0.6) is 0 Å². The highest BCUT2D eigenvalue weighted by Gasteiger charge is 2.18. The number of aryl methyl sites for hydroxylation is 2. The van der Waals surface area contributed by atoms with E-state index in [1.165, 1.54) is 5.56 Å². The van der Waals surface area contributed by atoms with Gasteiger partial charge in [0, 0.05) is 24.4 Å². The van der Waals surface area contributed by atoms with Gasteiger partial charge >= 0.3 is 0 Å². The predicted molar refractivity (Wildman–Crippen MR) is 104 cm³/mol. The summed E-state index contributed by atoms with van der Waals surface area (Å²) in [6.45, 7) is 4.70. The average molecular weight is 344 g/mol. The molecule has 130 valence electrons. The molecule has 0 saturated carbocycles. The van der Waals surface area contributed by atoms with Crippen molar-refractivity contribution in [2.45, 2.75) is 20.4 Å². The summed E-state index contributed by atoms with van der Waals surface area (Å²) in [4.78, 5) is 12.9. The van der Waals surface area contributed by atoms with Crippen LogP contribution >= 0.6 is 0 Å². The molecule has 1 amide bonds. The summed E-state index contributed by atoms with van der Waals surface area (Å²) >= 11 is 0. The lowest BCUT2D eigenvalue weighted by atomic mass is 10.1. The van der Waals surface area contributed by atoms with E-state index < -0.39 is 0 Å². The van der Waals surface area contributed by atoms with Gasteiger partial charge in [-0.05, 0) is 42.7 Å². The molecule has 4 rings (SSSR count). The van der Waals surface area contributed by atoms with Crippen molar-refractivity contribution >= 4 is 22.7 Å². The lowest BCUT2D eigenvalue weighted by molar-refractivity contribution is 0.101. The molecule has 0 aliphatic heterocycles. The Balaban J connectivity index is 1.68. The zero-order valence-electron chi connectivity index (χ0n) is 14.8. The van der Waals surface area contributed by atoms with E-state index in [9.17, 15) is 4.79 Å². The van der Waals surface area contributed by atoms with Crippen molar-refractivity contribution in [3.63, 3.8) is 0 Å². The Kier molecular flexibility index (Phi) is 4.09. The zero-order valence-corrected chi connectivity index (χ0v) is 14.8. The molecule has 2 heterocycles. The van der Waals surface area contributed by atoms with E-state index in [1.807, 2.05) is 54.0 Å². The van der Waals surface area contributed by atoms with Crippen LogP contribution in [0.4, 0.5) is 5.69 Å². The number of carbonyl (C=O) groups is 1. The maximum absolute atomic E-state index is 12.9. The van der Waals surface area contributed by atoms with Gasteiger partial charge in [-0.15, -0.1) is 0 Å². The molecule has 4 nitrogen and oxygen atoms in total. The van der Waals surface area contributed by atoms with Gasteiger partial charge in [0.1, 0.15) is 5.69 Å². The molecule has 2 aromatic heterocycles. The number of rotatable bonds is 4. The summed E-state index contributed by atoms with van der Waals surface area (Å²) in [6.07, 6.45) is 1.65. The van der Waals surface area contributed by atoms with Crippen LogP contribution in [0.15, 0.2) is 71.3 Å². The Morgan fingerprint density at radius 1 is 1.00 bits per heavy atom. The zero-order chi connectivity index (χ0) is 18.1. The summed E-state index contributed by atoms with van der Waals surface area (Å²) in [5.74, 6) is -0.143. The summed E-state index contributed by atoms with van der Waals surface area (Å²) < 4.78 is 7.50. The Morgan fingerprint density at radius 2 is 1.81 bits per heavy atom. The minimum absolute atomic E-state index is 0.143. The third kappa shape index (κ3) is 3.02. The van der Waals surface area contributed by atoms with E-state index in [2.05, 4.69) is 24.4 Å². The second kappa shape index (κ2) is 6.56. The Labute approximate surface area is 152 Å². The molecule has 4 aromatic rings. The average Bonchev–Trinajstić information content (AvgIpc) is 3.22. The smallest absolute Gasteiger partial charge is 0.272 e. The van der Waals surface area contributed by atoms with Gasteiger partial charge < -0.3 is 14.3 Å². The Morgan fingerprint density at radius 3 is 2.58 bits per heavy atom. The van der Waals surface area contributed by atoms with Gasteiger partial charge in [-0.3, -0.25) is 4.79 Å².